The van der Waals surface area contributed by atoms with Crippen molar-refractivity contribution in [2.75, 3.05) is 13.1 Å². The normalized spacial score (nSPS) is 11.6. The summed E-state index contributed by atoms with van der Waals surface area (Å²) in [6, 6.07) is 5.42. The predicted molar refractivity (Wildman–Crippen MR) is 101 cm³/mol. The van der Waals surface area contributed by atoms with Gasteiger partial charge >= 0.3 is 5.63 Å². The Labute approximate surface area is 147 Å². The van der Waals surface area contributed by atoms with Gasteiger partial charge in [0.2, 0.25) is 0 Å². The lowest BCUT2D eigenvalue weighted by Crippen LogP contribution is -2.15. The van der Waals surface area contributed by atoms with Crippen molar-refractivity contribution in [3.8, 4) is 0 Å². The van der Waals surface area contributed by atoms with Crippen molar-refractivity contribution in [3.05, 3.63) is 45.5 Å². The van der Waals surface area contributed by atoms with E-state index in [-0.39, 0.29) is 5.63 Å². The summed E-state index contributed by atoms with van der Waals surface area (Å²) in [5.74, 6) is 0.904. The number of nitrogens with one attached hydrogen (secondary N) is 1. The fraction of sp³-hybridized carbons (Fsp3) is 0.450. The Morgan fingerprint density at radius 1 is 0.960 bits per heavy atom. The lowest BCUT2D eigenvalue weighted by atomic mass is 10.1. The third-order valence-corrected chi connectivity index (χ3v) is 4.67. The summed E-state index contributed by atoms with van der Waals surface area (Å²) >= 11 is 0. The lowest BCUT2D eigenvalue weighted by Gasteiger charge is -2.05. The van der Waals surface area contributed by atoms with E-state index in [0.717, 1.165) is 60.2 Å². The number of aryl methyl sites for hydroxylation is 2. The van der Waals surface area contributed by atoms with Gasteiger partial charge < -0.3 is 19.9 Å². The molecule has 0 spiro atoms. The summed E-state index contributed by atoms with van der Waals surface area (Å²) < 4.78 is 11.2. The number of hydrogen-bond donors (Lipinski definition) is 2. The standard InChI is InChI=1S/C20H26N2O3/c1-13-9-20(23)25-18-11-19-16(10-15(13)18)17(14(2)24-19)12-22-8-6-4-3-5-7-21/h9-11,22H,3-8,12,21H2,1-2H3. The minimum Gasteiger partial charge on any atom is -0.461 e. The Hall–Kier alpha value is -2.11. The topological polar surface area (TPSA) is 81.4 Å². The molecule has 3 rings (SSSR count). The molecule has 1 aromatic carbocycles. The second kappa shape index (κ2) is 7.85. The minimum absolute atomic E-state index is 0.329. The maximum Gasteiger partial charge on any atom is 0.336 e. The molecule has 5 nitrogen and oxygen atoms in total. The highest BCUT2D eigenvalue weighted by molar-refractivity contribution is 5.96. The lowest BCUT2D eigenvalue weighted by molar-refractivity contribution is 0.550. The molecule has 0 saturated heterocycles. The first-order chi connectivity index (χ1) is 12.1. The molecule has 2 aromatic heterocycles. The first kappa shape index (κ1) is 17.7. The number of unbranched alkanes of at least 4 members (excludes halogenated alkanes) is 3. The molecule has 3 aromatic rings. The largest absolute Gasteiger partial charge is 0.461 e. The van der Waals surface area contributed by atoms with Gasteiger partial charge in [0.1, 0.15) is 16.9 Å². The molecule has 0 radical (unpaired) electrons. The Morgan fingerprint density at radius 2 is 1.72 bits per heavy atom. The number of nitrogens with two attached hydrogens (primary N) is 1. The third-order valence-electron chi connectivity index (χ3n) is 4.67. The van der Waals surface area contributed by atoms with Gasteiger partial charge in [0.05, 0.1) is 0 Å². The van der Waals surface area contributed by atoms with Crippen LogP contribution in [0.4, 0.5) is 0 Å². The quantitative estimate of drug-likeness (QED) is 0.481. The summed E-state index contributed by atoms with van der Waals surface area (Å²) in [5.41, 5.74) is 8.61. The molecule has 2 heterocycles. The maximum absolute atomic E-state index is 11.6. The Bertz CT molecular complexity index is 924. The van der Waals surface area contributed by atoms with Crippen LogP contribution in [0.2, 0.25) is 0 Å². The smallest absolute Gasteiger partial charge is 0.336 e. The van der Waals surface area contributed by atoms with Gasteiger partial charge in [0.25, 0.3) is 0 Å². The van der Waals surface area contributed by atoms with Crippen LogP contribution < -0.4 is 16.7 Å². The molecule has 0 bridgehead atoms. The summed E-state index contributed by atoms with van der Waals surface area (Å²) in [4.78, 5) is 11.6. The van der Waals surface area contributed by atoms with Gasteiger partial charge in [0.15, 0.2) is 0 Å². The molecule has 0 unspecified atom stereocenters. The second-order valence-electron chi connectivity index (χ2n) is 6.61. The highest BCUT2D eigenvalue weighted by Gasteiger charge is 2.13. The van der Waals surface area contributed by atoms with Crippen molar-refractivity contribution in [3.63, 3.8) is 0 Å². The number of fused-ring (bicyclic) bond motifs is 2. The summed E-state index contributed by atoms with van der Waals surface area (Å²) in [6.07, 6.45) is 4.66. The van der Waals surface area contributed by atoms with Gasteiger partial charge in [-0.05, 0) is 51.4 Å². The zero-order chi connectivity index (χ0) is 17.8. The van der Waals surface area contributed by atoms with Gasteiger partial charge in [-0.3, -0.25) is 0 Å². The first-order valence-electron chi connectivity index (χ1n) is 8.97. The predicted octanol–water partition coefficient (Wildman–Crippen LogP) is 3.76. The highest BCUT2D eigenvalue weighted by atomic mass is 16.4. The van der Waals surface area contributed by atoms with Crippen LogP contribution in [0.3, 0.4) is 0 Å². The van der Waals surface area contributed by atoms with E-state index in [1.165, 1.54) is 24.5 Å². The van der Waals surface area contributed by atoms with E-state index in [9.17, 15) is 4.79 Å². The molecule has 25 heavy (non-hydrogen) atoms. The van der Waals surface area contributed by atoms with E-state index in [2.05, 4.69) is 11.4 Å². The first-order valence-corrected chi connectivity index (χ1v) is 8.97. The summed E-state index contributed by atoms with van der Waals surface area (Å²) in [7, 11) is 0. The average molecular weight is 342 g/mol. The Kier molecular flexibility index (Phi) is 5.56. The molecule has 0 aliphatic carbocycles. The fourth-order valence-electron chi connectivity index (χ4n) is 3.26. The van der Waals surface area contributed by atoms with E-state index < -0.39 is 0 Å². The van der Waals surface area contributed by atoms with Crippen molar-refractivity contribution < 1.29 is 8.83 Å². The van der Waals surface area contributed by atoms with E-state index in [4.69, 9.17) is 14.6 Å². The molecule has 0 fully saturated rings. The molecule has 3 N–H and O–H groups in total. The monoisotopic (exact) mass is 342 g/mol. The van der Waals surface area contributed by atoms with E-state index in [1.54, 1.807) is 0 Å². The number of hydrogen-bond acceptors (Lipinski definition) is 5. The molecule has 0 amide bonds. The van der Waals surface area contributed by atoms with Crippen molar-refractivity contribution in [1.29, 1.82) is 0 Å². The zero-order valence-electron chi connectivity index (χ0n) is 15.0. The third kappa shape index (κ3) is 3.94. The maximum atomic E-state index is 11.6. The van der Waals surface area contributed by atoms with Crippen LogP contribution in [0.25, 0.3) is 21.9 Å². The fourth-order valence-corrected chi connectivity index (χ4v) is 3.26. The zero-order valence-corrected chi connectivity index (χ0v) is 15.0. The van der Waals surface area contributed by atoms with Gasteiger partial charge in [-0.1, -0.05) is 12.8 Å². The van der Waals surface area contributed by atoms with Crippen molar-refractivity contribution in [1.82, 2.24) is 5.32 Å². The van der Waals surface area contributed by atoms with Crippen molar-refractivity contribution >= 4 is 21.9 Å². The Morgan fingerprint density at radius 3 is 2.52 bits per heavy atom. The van der Waals surface area contributed by atoms with Crippen LogP contribution in [0.15, 0.2) is 31.8 Å². The number of rotatable bonds is 8. The van der Waals surface area contributed by atoms with Crippen molar-refractivity contribution in [2.45, 2.75) is 46.1 Å². The van der Waals surface area contributed by atoms with Crippen molar-refractivity contribution in [2.24, 2.45) is 5.73 Å². The molecular weight excluding hydrogens is 316 g/mol. The van der Waals surface area contributed by atoms with E-state index >= 15 is 0 Å². The molecule has 0 atom stereocenters. The van der Waals surface area contributed by atoms with Crippen LogP contribution in [0.1, 0.15) is 42.6 Å². The van der Waals surface area contributed by atoms with Gasteiger partial charge in [-0.25, -0.2) is 4.79 Å². The second-order valence-corrected chi connectivity index (χ2v) is 6.61. The van der Waals surface area contributed by atoms with Crippen LogP contribution in [-0.4, -0.2) is 13.1 Å². The average Bonchev–Trinajstić information content (AvgIpc) is 2.87. The SMILES string of the molecule is Cc1oc2cc3oc(=O)cc(C)c3cc2c1CNCCCCCCN. The summed E-state index contributed by atoms with van der Waals surface area (Å²) in [6.45, 7) is 6.44. The van der Waals surface area contributed by atoms with Crippen LogP contribution in [0.5, 0.6) is 0 Å². The molecule has 0 aliphatic rings. The highest BCUT2D eigenvalue weighted by Crippen LogP contribution is 2.30. The van der Waals surface area contributed by atoms with Crippen LogP contribution in [-0.2, 0) is 6.54 Å². The number of furan rings is 1. The Balaban J connectivity index is 1.78. The van der Waals surface area contributed by atoms with Gasteiger partial charge in [0, 0.05) is 35.0 Å². The van der Waals surface area contributed by atoms with Gasteiger partial charge in [-0.15, -0.1) is 0 Å². The van der Waals surface area contributed by atoms with Crippen LogP contribution >= 0.6 is 0 Å². The van der Waals surface area contributed by atoms with Gasteiger partial charge in [-0.2, -0.15) is 0 Å². The minimum atomic E-state index is -0.329. The van der Waals surface area contributed by atoms with Crippen LogP contribution in [0, 0.1) is 13.8 Å². The van der Waals surface area contributed by atoms with E-state index in [0.29, 0.717) is 5.58 Å². The molecule has 0 aliphatic heterocycles. The molecule has 134 valence electrons. The number of benzene rings is 1. The summed E-state index contributed by atoms with van der Waals surface area (Å²) in [5, 5.41) is 5.54. The molecule has 0 saturated carbocycles. The van der Waals surface area contributed by atoms with E-state index in [1.807, 2.05) is 19.9 Å². The molecule has 5 heteroatoms. The molecular formula is C20H26N2O3.